The lowest BCUT2D eigenvalue weighted by Gasteiger charge is -2.41. The highest BCUT2D eigenvalue weighted by Crippen LogP contribution is 2.31. The summed E-state index contributed by atoms with van der Waals surface area (Å²) in [5.41, 5.74) is 0.429. The first-order valence-corrected chi connectivity index (χ1v) is 11.1. The van der Waals surface area contributed by atoms with Gasteiger partial charge in [-0.3, -0.25) is 9.59 Å². The van der Waals surface area contributed by atoms with Crippen molar-refractivity contribution in [2.24, 2.45) is 0 Å². The number of piperazine rings is 1. The first kappa shape index (κ1) is 25.4. The van der Waals surface area contributed by atoms with Crippen molar-refractivity contribution in [3.63, 3.8) is 0 Å². The van der Waals surface area contributed by atoms with Crippen LogP contribution in [0.3, 0.4) is 0 Å². The van der Waals surface area contributed by atoms with Crippen molar-refractivity contribution in [3.05, 3.63) is 46.6 Å². The van der Waals surface area contributed by atoms with Crippen molar-refractivity contribution < 1.29 is 23.5 Å². The van der Waals surface area contributed by atoms with Gasteiger partial charge < -0.3 is 19.9 Å². The van der Waals surface area contributed by atoms with Crippen LogP contribution in [0.4, 0.5) is 9.18 Å². The number of aromatic nitrogens is 2. The summed E-state index contributed by atoms with van der Waals surface area (Å²) >= 11 is 6.29. The minimum absolute atomic E-state index is 0.111. The minimum atomic E-state index is -0.849. The fraction of sp³-hybridized carbons (Fsp3) is 0.435. The molecule has 1 unspecified atom stereocenters. The highest BCUT2D eigenvalue weighted by atomic mass is 35.5. The summed E-state index contributed by atoms with van der Waals surface area (Å²) in [5.74, 6) is -1.57. The molecule has 0 spiro atoms. The van der Waals surface area contributed by atoms with Gasteiger partial charge in [-0.05, 0) is 44.5 Å². The number of hydrogen-bond acceptors (Lipinski definition) is 6. The van der Waals surface area contributed by atoms with Gasteiger partial charge >= 0.3 is 6.09 Å². The SMILES string of the molecule is CNC(=O)c1cc(-c2cc(C3CN(C(=O)OC(C)(C)C)CCN3C(C)=O)cc(Cl)n2)cc(F)n1. The van der Waals surface area contributed by atoms with E-state index in [0.29, 0.717) is 29.9 Å². The molecule has 0 radical (unpaired) electrons. The lowest BCUT2D eigenvalue weighted by molar-refractivity contribution is -0.134. The number of nitrogens with one attached hydrogen (secondary N) is 1. The topological polar surface area (TPSA) is 105 Å². The second-order valence-electron chi connectivity index (χ2n) is 8.91. The fourth-order valence-corrected chi connectivity index (χ4v) is 3.90. The normalized spacial score (nSPS) is 16.3. The van der Waals surface area contributed by atoms with Crippen molar-refractivity contribution in [1.29, 1.82) is 0 Å². The number of carbonyl (C=O) groups excluding carboxylic acids is 3. The summed E-state index contributed by atoms with van der Waals surface area (Å²) in [5, 5.41) is 2.52. The van der Waals surface area contributed by atoms with Crippen molar-refractivity contribution in [2.45, 2.75) is 39.3 Å². The first-order chi connectivity index (χ1) is 15.9. The van der Waals surface area contributed by atoms with Crippen LogP contribution in [-0.2, 0) is 9.53 Å². The Hall–Kier alpha value is -3.27. The van der Waals surface area contributed by atoms with Crippen LogP contribution < -0.4 is 5.32 Å². The molecule has 34 heavy (non-hydrogen) atoms. The maximum Gasteiger partial charge on any atom is 0.410 e. The molecule has 1 saturated heterocycles. The summed E-state index contributed by atoms with van der Waals surface area (Å²) < 4.78 is 19.6. The Morgan fingerprint density at radius 1 is 1.15 bits per heavy atom. The predicted octanol–water partition coefficient (Wildman–Crippen LogP) is 3.44. The van der Waals surface area contributed by atoms with Gasteiger partial charge in [0.15, 0.2) is 0 Å². The average molecular weight is 492 g/mol. The molecule has 1 atom stereocenters. The predicted molar refractivity (Wildman–Crippen MR) is 124 cm³/mol. The third-order valence-corrected chi connectivity index (χ3v) is 5.38. The molecule has 0 saturated carbocycles. The van der Waals surface area contributed by atoms with Crippen LogP contribution in [0, 0.1) is 5.95 Å². The number of halogens is 2. The third-order valence-electron chi connectivity index (χ3n) is 5.19. The van der Waals surface area contributed by atoms with E-state index in [1.165, 1.54) is 20.0 Å². The summed E-state index contributed by atoms with van der Waals surface area (Å²) in [6.45, 7) is 7.61. The lowest BCUT2D eigenvalue weighted by Crippen LogP contribution is -2.52. The van der Waals surface area contributed by atoms with Crippen LogP contribution in [0.15, 0.2) is 24.3 Å². The van der Waals surface area contributed by atoms with Crippen LogP contribution in [0.5, 0.6) is 0 Å². The second kappa shape index (κ2) is 9.92. The molecule has 9 nitrogen and oxygen atoms in total. The van der Waals surface area contributed by atoms with Gasteiger partial charge in [0, 0.05) is 45.2 Å². The number of hydrogen-bond donors (Lipinski definition) is 1. The van der Waals surface area contributed by atoms with Crippen LogP contribution in [0.2, 0.25) is 5.15 Å². The van der Waals surface area contributed by atoms with Crippen LogP contribution in [0.1, 0.15) is 49.8 Å². The standard InChI is InChI=1S/C23H27ClFN5O4/c1-13(31)30-7-6-29(22(33)34-23(2,3)4)12-18(30)15-9-16(27-19(24)10-15)14-8-17(21(32)26-5)28-20(25)11-14/h8-11,18H,6-7,12H2,1-5H3,(H,26,32). The lowest BCUT2D eigenvalue weighted by atomic mass is 10.0. The molecule has 1 aliphatic heterocycles. The molecular weight excluding hydrogens is 465 g/mol. The Bertz CT molecular complexity index is 1120. The number of amides is 3. The average Bonchev–Trinajstić information content (AvgIpc) is 2.76. The highest BCUT2D eigenvalue weighted by Gasteiger charge is 2.34. The van der Waals surface area contributed by atoms with E-state index < -0.39 is 29.6 Å². The van der Waals surface area contributed by atoms with Gasteiger partial charge in [0.1, 0.15) is 16.4 Å². The fourth-order valence-electron chi connectivity index (χ4n) is 3.68. The van der Waals surface area contributed by atoms with Crippen LogP contribution in [0.25, 0.3) is 11.3 Å². The zero-order valence-electron chi connectivity index (χ0n) is 19.7. The van der Waals surface area contributed by atoms with Crippen LogP contribution >= 0.6 is 11.6 Å². The number of ether oxygens (including phenoxy) is 1. The van der Waals surface area contributed by atoms with E-state index in [9.17, 15) is 18.8 Å². The van der Waals surface area contributed by atoms with E-state index in [4.69, 9.17) is 16.3 Å². The summed E-state index contributed by atoms with van der Waals surface area (Å²) in [6.07, 6.45) is -0.479. The Labute approximate surface area is 202 Å². The summed E-state index contributed by atoms with van der Waals surface area (Å²) in [4.78, 5) is 48.1. The third kappa shape index (κ3) is 5.99. The van der Waals surface area contributed by atoms with Gasteiger partial charge in [-0.2, -0.15) is 4.39 Å². The smallest absolute Gasteiger partial charge is 0.410 e. The zero-order chi connectivity index (χ0) is 25.2. The molecule has 1 aliphatic rings. The van der Waals surface area contributed by atoms with Crippen LogP contribution in [-0.4, -0.2) is 70.0 Å². The van der Waals surface area contributed by atoms with Crippen molar-refractivity contribution in [3.8, 4) is 11.3 Å². The largest absolute Gasteiger partial charge is 0.444 e. The first-order valence-electron chi connectivity index (χ1n) is 10.7. The molecule has 0 bridgehead atoms. The van der Waals surface area contributed by atoms with E-state index in [0.717, 1.165) is 6.07 Å². The van der Waals surface area contributed by atoms with Gasteiger partial charge in [0.05, 0.1) is 11.7 Å². The van der Waals surface area contributed by atoms with Gasteiger partial charge in [0.2, 0.25) is 11.9 Å². The Kier molecular flexibility index (Phi) is 7.40. The summed E-state index contributed by atoms with van der Waals surface area (Å²) in [7, 11) is 1.42. The Morgan fingerprint density at radius 2 is 1.85 bits per heavy atom. The number of rotatable bonds is 3. The quantitative estimate of drug-likeness (QED) is 0.659. The molecule has 2 aromatic heterocycles. The van der Waals surface area contributed by atoms with E-state index in [2.05, 4.69) is 15.3 Å². The second-order valence-corrected chi connectivity index (χ2v) is 9.29. The van der Waals surface area contributed by atoms with Crippen molar-refractivity contribution in [1.82, 2.24) is 25.1 Å². The number of nitrogens with zero attached hydrogens (tertiary/aromatic N) is 4. The number of carbonyl (C=O) groups is 3. The van der Waals surface area contributed by atoms with E-state index in [1.807, 2.05) is 0 Å². The monoisotopic (exact) mass is 491 g/mol. The molecule has 11 heteroatoms. The zero-order valence-corrected chi connectivity index (χ0v) is 20.4. The summed E-state index contributed by atoms with van der Waals surface area (Å²) in [6, 6.07) is 5.28. The Morgan fingerprint density at radius 3 is 2.47 bits per heavy atom. The minimum Gasteiger partial charge on any atom is -0.444 e. The molecule has 1 fully saturated rings. The number of pyridine rings is 2. The molecule has 3 heterocycles. The molecule has 0 aliphatic carbocycles. The maximum absolute atomic E-state index is 14.1. The molecule has 3 rings (SSSR count). The molecule has 0 aromatic carbocycles. The van der Waals surface area contributed by atoms with Crippen molar-refractivity contribution in [2.75, 3.05) is 26.7 Å². The molecule has 3 amide bonds. The molecule has 2 aromatic rings. The van der Waals surface area contributed by atoms with Gasteiger partial charge in [-0.15, -0.1) is 0 Å². The highest BCUT2D eigenvalue weighted by molar-refractivity contribution is 6.29. The maximum atomic E-state index is 14.1. The van der Waals surface area contributed by atoms with E-state index in [1.54, 1.807) is 42.7 Å². The molecule has 182 valence electrons. The van der Waals surface area contributed by atoms with E-state index >= 15 is 0 Å². The molecule has 1 N–H and O–H groups in total. The van der Waals surface area contributed by atoms with Gasteiger partial charge in [-0.25, -0.2) is 14.8 Å². The van der Waals surface area contributed by atoms with E-state index in [-0.39, 0.29) is 23.3 Å². The Balaban J connectivity index is 2.00. The van der Waals surface area contributed by atoms with Gasteiger partial charge in [0.25, 0.3) is 5.91 Å². The molecular formula is C23H27ClFN5O4. The van der Waals surface area contributed by atoms with Gasteiger partial charge in [-0.1, -0.05) is 11.6 Å². The van der Waals surface area contributed by atoms with Crippen molar-refractivity contribution >= 4 is 29.5 Å².